The molecule has 0 saturated carbocycles. The van der Waals surface area contributed by atoms with E-state index in [0.29, 0.717) is 0 Å². The first-order chi connectivity index (χ1) is 16.2. The summed E-state index contributed by atoms with van der Waals surface area (Å²) in [6, 6.07) is 31.9. The lowest BCUT2D eigenvalue weighted by molar-refractivity contribution is 0.414. The summed E-state index contributed by atoms with van der Waals surface area (Å²) in [5.41, 5.74) is 7.82. The number of benzene rings is 4. The molecule has 0 spiro atoms. The van der Waals surface area contributed by atoms with Crippen LogP contribution in [0, 0.1) is 0 Å². The van der Waals surface area contributed by atoms with Gasteiger partial charge in [-0.3, -0.25) is 0 Å². The predicted molar refractivity (Wildman–Crippen MR) is 134 cm³/mol. The molecule has 0 aliphatic rings. The normalized spacial score (nSPS) is 10.6. The largest absolute Gasteiger partial charge is 0.497 e. The maximum Gasteiger partial charge on any atom is 0.118 e. The topological polar surface area (TPSA) is 27.7 Å². The molecule has 0 bridgehead atoms. The van der Waals surface area contributed by atoms with E-state index in [1.54, 1.807) is 21.3 Å². The first-order valence-electron chi connectivity index (χ1n) is 11.2. The number of hydrogen-bond donors (Lipinski definition) is 0. The molecule has 0 fully saturated rings. The van der Waals surface area contributed by atoms with Crippen molar-refractivity contribution in [2.45, 2.75) is 19.3 Å². The van der Waals surface area contributed by atoms with Gasteiger partial charge in [-0.05, 0) is 89.0 Å². The van der Waals surface area contributed by atoms with Gasteiger partial charge in [0.1, 0.15) is 17.2 Å². The zero-order chi connectivity index (χ0) is 23.0. The molecule has 4 rings (SSSR count). The predicted octanol–water partition coefficient (Wildman–Crippen LogP) is 6.48. The molecule has 4 aromatic carbocycles. The van der Waals surface area contributed by atoms with Crippen LogP contribution in [0.2, 0.25) is 0 Å². The first-order valence-corrected chi connectivity index (χ1v) is 11.2. The molecular weight excluding hydrogens is 408 g/mol. The third kappa shape index (κ3) is 5.95. The summed E-state index contributed by atoms with van der Waals surface area (Å²) in [7, 11) is 5.09. The number of rotatable bonds is 9. The highest BCUT2D eigenvalue weighted by molar-refractivity contribution is 5.42. The van der Waals surface area contributed by atoms with Crippen molar-refractivity contribution in [2.75, 3.05) is 21.3 Å². The van der Waals surface area contributed by atoms with E-state index < -0.39 is 0 Å². The van der Waals surface area contributed by atoms with Crippen LogP contribution in [0.4, 0.5) is 0 Å². The smallest absolute Gasteiger partial charge is 0.118 e. The van der Waals surface area contributed by atoms with Crippen molar-refractivity contribution in [1.82, 2.24) is 0 Å². The summed E-state index contributed by atoms with van der Waals surface area (Å²) in [5.74, 6) is 2.64. The van der Waals surface area contributed by atoms with Gasteiger partial charge in [0.05, 0.1) is 21.3 Å². The molecule has 3 heteroatoms. The first kappa shape index (κ1) is 22.5. The average Bonchev–Trinajstić information content (AvgIpc) is 2.87. The van der Waals surface area contributed by atoms with E-state index in [4.69, 9.17) is 14.2 Å². The number of methoxy groups -OCH3 is 3. The molecule has 0 radical (unpaired) electrons. The highest BCUT2D eigenvalue weighted by atomic mass is 16.5. The van der Waals surface area contributed by atoms with Crippen LogP contribution in [0.1, 0.15) is 33.4 Å². The van der Waals surface area contributed by atoms with Gasteiger partial charge >= 0.3 is 0 Å². The molecule has 0 atom stereocenters. The lowest BCUT2D eigenvalue weighted by atomic mass is 9.92. The summed E-state index contributed by atoms with van der Waals surface area (Å²) in [4.78, 5) is 0. The molecule has 0 aliphatic heterocycles. The van der Waals surface area contributed by atoms with Gasteiger partial charge in [-0.1, -0.05) is 54.6 Å². The zero-order valence-electron chi connectivity index (χ0n) is 19.5. The molecule has 168 valence electrons. The van der Waals surface area contributed by atoms with Gasteiger partial charge in [0, 0.05) is 0 Å². The van der Waals surface area contributed by atoms with Gasteiger partial charge in [-0.25, -0.2) is 0 Å². The van der Waals surface area contributed by atoms with E-state index in [1.807, 2.05) is 36.4 Å². The summed E-state index contributed by atoms with van der Waals surface area (Å²) >= 11 is 0. The second-order valence-electron chi connectivity index (χ2n) is 8.18. The van der Waals surface area contributed by atoms with Crippen LogP contribution in [0.25, 0.3) is 0 Å². The second kappa shape index (κ2) is 10.7. The van der Waals surface area contributed by atoms with Gasteiger partial charge in [-0.2, -0.15) is 0 Å². The highest BCUT2D eigenvalue weighted by Crippen LogP contribution is 2.24. The van der Waals surface area contributed by atoms with E-state index in [0.717, 1.165) is 36.5 Å². The van der Waals surface area contributed by atoms with Gasteiger partial charge in [0.25, 0.3) is 0 Å². The molecule has 33 heavy (non-hydrogen) atoms. The second-order valence-corrected chi connectivity index (χ2v) is 8.18. The van der Waals surface area contributed by atoms with E-state index in [9.17, 15) is 0 Å². The average molecular weight is 439 g/mol. The fourth-order valence-electron chi connectivity index (χ4n) is 4.03. The monoisotopic (exact) mass is 438 g/mol. The van der Waals surface area contributed by atoms with Crippen molar-refractivity contribution >= 4 is 0 Å². The molecule has 0 amide bonds. The van der Waals surface area contributed by atoms with Crippen molar-refractivity contribution in [2.24, 2.45) is 0 Å². The Labute approximate surface area is 196 Å². The Morgan fingerprint density at radius 3 is 1.18 bits per heavy atom. The maximum atomic E-state index is 5.32. The van der Waals surface area contributed by atoms with Gasteiger partial charge in [0.15, 0.2) is 0 Å². The maximum absolute atomic E-state index is 5.32. The van der Waals surface area contributed by atoms with Gasteiger partial charge in [-0.15, -0.1) is 0 Å². The molecule has 0 aromatic heterocycles. The van der Waals surface area contributed by atoms with Crippen LogP contribution >= 0.6 is 0 Å². The van der Waals surface area contributed by atoms with Crippen molar-refractivity contribution in [3.8, 4) is 17.2 Å². The molecule has 4 aromatic rings. The Morgan fingerprint density at radius 1 is 0.394 bits per heavy atom. The van der Waals surface area contributed by atoms with Crippen LogP contribution in [0.5, 0.6) is 17.2 Å². The van der Waals surface area contributed by atoms with Crippen LogP contribution in [-0.4, -0.2) is 21.3 Å². The molecule has 0 aliphatic carbocycles. The lowest BCUT2D eigenvalue weighted by Crippen LogP contribution is -2.00. The van der Waals surface area contributed by atoms with Crippen LogP contribution < -0.4 is 14.2 Å². The summed E-state index contributed by atoms with van der Waals surface area (Å²) in [6.07, 6.45) is 2.66. The van der Waals surface area contributed by atoms with E-state index in [2.05, 4.69) is 54.6 Å². The van der Waals surface area contributed by atoms with Crippen molar-refractivity contribution < 1.29 is 14.2 Å². The SMILES string of the molecule is COc1ccc(Cc2ccc(Cc3ccc(OC)cc3)c(Cc3ccc(OC)cc3)c2)cc1. The minimum absolute atomic E-state index is 0.880. The fraction of sp³-hybridized carbons (Fsp3) is 0.200. The Bertz CT molecular complexity index is 1160. The molecule has 0 heterocycles. The number of hydrogen-bond acceptors (Lipinski definition) is 3. The van der Waals surface area contributed by atoms with E-state index in [1.165, 1.54) is 33.4 Å². The summed E-state index contributed by atoms with van der Waals surface area (Å²) in [6.45, 7) is 0. The Hall–Kier alpha value is -3.72. The van der Waals surface area contributed by atoms with Crippen molar-refractivity contribution in [1.29, 1.82) is 0 Å². The van der Waals surface area contributed by atoms with Crippen LogP contribution in [0.3, 0.4) is 0 Å². The molecule has 0 saturated heterocycles. The minimum atomic E-state index is 0.880. The molecule has 3 nitrogen and oxygen atoms in total. The number of ether oxygens (including phenoxy) is 3. The fourth-order valence-corrected chi connectivity index (χ4v) is 4.03. The van der Waals surface area contributed by atoms with Crippen molar-refractivity contribution in [3.05, 3.63) is 124 Å². The molecular formula is C30H30O3. The standard InChI is InChI=1S/C30H30O3/c1-31-28-12-5-22(6-13-28)18-25-4-11-26(19-23-7-14-29(32-2)15-8-23)27(21-25)20-24-9-16-30(33-3)17-10-24/h4-17,21H,18-20H2,1-3H3. The minimum Gasteiger partial charge on any atom is -0.497 e. The Kier molecular flexibility index (Phi) is 7.31. The summed E-state index contributed by atoms with van der Waals surface area (Å²) < 4.78 is 15.9. The molecule has 0 N–H and O–H groups in total. The van der Waals surface area contributed by atoms with Crippen molar-refractivity contribution in [3.63, 3.8) is 0 Å². The third-order valence-electron chi connectivity index (χ3n) is 5.95. The van der Waals surface area contributed by atoms with Gasteiger partial charge < -0.3 is 14.2 Å². The van der Waals surface area contributed by atoms with E-state index >= 15 is 0 Å². The lowest BCUT2D eigenvalue weighted by Gasteiger charge is -2.14. The van der Waals surface area contributed by atoms with Gasteiger partial charge in [0.2, 0.25) is 0 Å². The van der Waals surface area contributed by atoms with Crippen LogP contribution in [0.15, 0.2) is 91.0 Å². The Balaban J connectivity index is 1.61. The summed E-state index contributed by atoms with van der Waals surface area (Å²) in [5, 5.41) is 0. The highest BCUT2D eigenvalue weighted by Gasteiger charge is 2.09. The zero-order valence-corrected chi connectivity index (χ0v) is 19.5. The quantitative estimate of drug-likeness (QED) is 0.299. The van der Waals surface area contributed by atoms with Crippen LogP contribution in [-0.2, 0) is 19.3 Å². The van der Waals surface area contributed by atoms with E-state index in [-0.39, 0.29) is 0 Å². The third-order valence-corrected chi connectivity index (χ3v) is 5.95. The molecule has 0 unspecified atom stereocenters. The Morgan fingerprint density at radius 2 is 0.758 bits per heavy atom.